The van der Waals surface area contributed by atoms with E-state index in [0.717, 1.165) is 13.0 Å². The smallest absolute Gasteiger partial charge is 0.319 e. The lowest BCUT2D eigenvalue weighted by atomic mass is 10.0. The van der Waals surface area contributed by atoms with Crippen molar-refractivity contribution in [3.05, 3.63) is 29.6 Å². The highest BCUT2D eigenvalue weighted by molar-refractivity contribution is 5.74. The average Bonchev–Trinajstić information content (AvgIpc) is 2.27. The zero-order valence-electron chi connectivity index (χ0n) is 9.10. The maximum Gasteiger partial charge on any atom is 0.319 e. The number of amides is 2. The van der Waals surface area contributed by atoms with Crippen LogP contribution in [-0.4, -0.2) is 41.5 Å². The first kappa shape index (κ1) is 9.96. The molecule has 0 fully saturated rings. The number of urea groups is 1. The lowest BCUT2D eigenvalue weighted by Gasteiger charge is -2.30. The molecule has 0 atom stereocenters. The van der Waals surface area contributed by atoms with Crippen LogP contribution in [0.5, 0.6) is 0 Å². The second kappa shape index (κ2) is 3.88. The van der Waals surface area contributed by atoms with Crippen LogP contribution in [0.3, 0.4) is 0 Å². The highest BCUT2D eigenvalue weighted by atomic mass is 16.2. The minimum Gasteiger partial charge on any atom is -0.331 e. The van der Waals surface area contributed by atoms with Crippen LogP contribution in [0, 0.1) is 0 Å². The number of hydrogen-bond acceptors (Lipinski definition) is 2. The molecular formula is C11H15N3O. The van der Waals surface area contributed by atoms with E-state index < -0.39 is 0 Å². The summed E-state index contributed by atoms with van der Waals surface area (Å²) in [6.45, 7) is 1.48. The first-order valence-electron chi connectivity index (χ1n) is 5.06. The zero-order chi connectivity index (χ0) is 10.8. The normalized spacial score (nSPS) is 14.7. The van der Waals surface area contributed by atoms with E-state index in [1.807, 2.05) is 23.4 Å². The van der Waals surface area contributed by atoms with Crippen molar-refractivity contribution in [1.82, 2.24) is 14.8 Å². The maximum atomic E-state index is 11.7. The first-order valence-corrected chi connectivity index (χ1v) is 5.06. The van der Waals surface area contributed by atoms with E-state index in [2.05, 4.69) is 4.98 Å². The van der Waals surface area contributed by atoms with Crippen LogP contribution in [0.1, 0.15) is 11.1 Å². The molecule has 1 aliphatic rings. The molecule has 15 heavy (non-hydrogen) atoms. The summed E-state index contributed by atoms with van der Waals surface area (Å²) in [6, 6.07) is 2.11. The predicted molar refractivity (Wildman–Crippen MR) is 57.4 cm³/mol. The van der Waals surface area contributed by atoms with Gasteiger partial charge in [0.25, 0.3) is 0 Å². The fraction of sp³-hybridized carbons (Fsp3) is 0.455. The van der Waals surface area contributed by atoms with Gasteiger partial charge in [0.1, 0.15) is 0 Å². The lowest BCUT2D eigenvalue weighted by molar-refractivity contribution is 0.165. The minimum absolute atomic E-state index is 0.0736. The molecule has 0 saturated heterocycles. The number of nitrogens with zero attached hydrogens (tertiary/aromatic N) is 3. The molecule has 0 spiro atoms. The van der Waals surface area contributed by atoms with Crippen LogP contribution in [-0.2, 0) is 13.0 Å². The van der Waals surface area contributed by atoms with E-state index in [0.29, 0.717) is 6.54 Å². The highest BCUT2D eigenvalue weighted by Crippen LogP contribution is 2.17. The third-order valence-electron chi connectivity index (χ3n) is 2.67. The zero-order valence-corrected chi connectivity index (χ0v) is 9.10. The van der Waals surface area contributed by atoms with Crippen LogP contribution < -0.4 is 0 Å². The number of fused-ring (bicyclic) bond motifs is 1. The summed E-state index contributed by atoms with van der Waals surface area (Å²) in [5, 5.41) is 0. The summed E-state index contributed by atoms with van der Waals surface area (Å²) in [5.74, 6) is 0. The van der Waals surface area contributed by atoms with E-state index in [-0.39, 0.29) is 6.03 Å². The number of aromatic nitrogens is 1. The average molecular weight is 205 g/mol. The van der Waals surface area contributed by atoms with Crippen molar-refractivity contribution in [1.29, 1.82) is 0 Å². The Labute approximate surface area is 89.5 Å². The Morgan fingerprint density at radius 1 is 1.47 bits per heavy atom. The molecule has 4 heteroatoms. The van der Waals surface area contributed by atoms with Crippen molar-refractivity contribution < 1.29 is 4.79 Å². The van der Waals surface area contributed by atoms with Gasteiger partial charge in [0.15, 0.2) is 0 Å². The van der Waals surface area contributed by atoms with Gasteiger partial charge in [0.2, 0.25) is 0 Å². The molecule has 0 bridgehead atoms. The van der Waals surface area contributed by atoms with Crippen LogP contribution in [0.2, 0.25) is 0 Å². The Hall–Kier alpha value is -1.58. The standard InChI is InChI=1S/C11H15N3O/c1-13(2)11(15)14-6-4-9-3-5-12-7-10(9)8-14/h3,5,7H,4,6,8H2,1-2H3. The summed E-state index contributed by atoms with van der Waals surface area (Å²) in [4.78, 5) is 19.3. The molecule has 2 amide bonds. The SMILES string of the molecule is CN(C)C(=O)N1CCc2ccncc2C1. The van der Waals surface area contributed by atoms with Crippen LogP contribution in [0.25, 0.3) is 0 Å². The summed E-state index contributed by atoms with van der Waals surface area (Å²) >= 11 is 0. The quantitative estimate of drug-likeness (QED) is 0.636. The topological polar surface area (TPSA) is 36.4 Å². The minimum atomic E-state index is 0.0736. The Bertz CT molecular complexity index is 376. The molecular weight excluding hydrogens is 190 g/mol. The molecule has 80 valence electrons. The van der Waals surface area contributed by atoms with E-state index in [4.69, 9.17) is 0 Å². The van der Waals surface area contributed by atoms with Gasteiger partial charge >= 0.3 is 6.03 Å². The molecule has 4 nitrogen and oxygen atoms in total. The predicted octanol–water partition coefficient (Wildman–Crippen LogP) is 1.12. The Morgan fingerprint density at radius 3 is 3.00 bits per heavy atom. The molecule has 2 heterocycles. The van der Waals surface area contributed by atoms with Gasteiger partial charge in [-0.05, 0) is 23.6 Å². The fourth-order valence-corrected chi connectivity index (χ4v) is 1.83. The van der Waals surface area contributed by atoms with Crippen LogP contribution in [0.15, 0.2) is 18.5 Å². The van der Waals surface area contributed by atoms with Crippen LogP contribution in [0.4, 0.5) is 4.79 Å². The molecule has 0 unspecified atom stereocenters. The molecule has 1 aromatic heterocycles. The van der Waals surface area contributed by atoms with Crippen molar-refractivity contribution in [2.75, 3.05) is 20.6 Å². The fourth-order valence-electron chi connectivity index (χ4n) is 1.83. The highest BCUT2D eigenvalue weighted by Gasteiger charge is 2.21. The number of rotatable bonds is 0. The van der Waals surface area contributed by atoms with E-state index in [9.17, 15) is 4.79 Å². The van der Waals surface area contributed by atoms with Gasteiger partial charge in [0, 0.05) is 39.6 Å². The number of carbonyl (C=O) groups excluding carboxylic acids is 1. The third kappa shape index (κ3) is 1.93. The Morgan fingerprint density at radius 2 is 2.27 bits per heavy atom. The second-order valence-corrected chi connectivity index (χ2v) is 3.99. The number of carbonyl (C=O) groups is 1. The lowest BCUT2D eigenvalue weighted by Crippen LogP contribution is -2.42. The van der Waals surface area contributed by atoms with Crippen molar-refractivity contribution in [2.45, 2.75) is 13.0 Å². The van der Waals surface area contributed by atoms with E-state index >= 15 is 0 Å². The van der Waals surface area contributed by atoms with Crippen molar-refractivity contribution >= 4 is 6.03 Å². The molecule has 0 aliphatic carbocycles. The summed E-state index contributed by atoms with van der Waals surface area (Å²) in [6.07, 6.45) is 4.59. The third-order valence-corrected chi connectivity index (χ3v) is 2.67. The molecule has 1 aliphatic heterocycles. The Balaban J connectivity index is 2.15. The molecule has 2 rings (SSSR count). The molecule has 0 radical (unpaired) electrons. The van der Waals surface area contributed by atoms with Gasteiger partial charge in [-0.2, -0.15) is 0 Å². The van der Waals surface area contributed by atoms with Crippen LogP contribution >= 0.6 is 0 Å². The summed E-state index contributed by atoms with van der Waals surface area (Å²) in [5.41, 5.74) is 2.48. The van der Waals surface area contributed by atoms with E-state index in [1.165, 1.54) is 11.1 Å². The van der Waals surface area contributed by atoms with Gasteiger partial charge in [-0.3, -0.25) is 4.98 Å². The Kier molecular flexibility index (Phi) is 2.58. The second-order valence-electron chi connectivity index (χ2n) is 3.99. The largest absolute Gasteiger partial charge is 0.331 e. The number of hydrogen-bond donors (Lipinski definition) is 0. The van der Waals surface area contributed by atoms with Crippen molar-refractivity contribution in [3.8, 4) is 0 Å². The summed E-state index contributed by atoms with van der Waals surface area (Å²) < 4.78 is 0. The van der Waals surface area contributed by atoms with Gasteiger partial charge in [-0.15, -0.1) is 0 Å². The monoisotopic (exact) mass is 205 g/mol. The van der Waals surface area contributed by atoms with Gasteiger partial charge < -0.3 is 9.80 Å². The van der Waals surface area contributed by atoms with Gasteiger partial charge in [-0.25, -0.2) is 4.79 Å². The van der Waals surface area contributed by atoms with Gasteiger partial charge in [0.05, 0.1) is 0 Å². The molecule has 0 aromatic carbocycles. The molecule has 0 N–H and O–H groups in total. The van der Waals surface area contributed by atoms with Crippen molar-refractivity contribution in [2.24, 2.45) is 0 Å². The van der Waals surface area contributed by atoms with Gasteiger partial charge in [-0.1, -0.05) is 0 Å². The number of pyridine rings is 1. The van der Waals surface area contributed by atoms with Crippen molar-refractivity contribution in [3.63, 3.8) is 0 Å². The summed E-state index contributed by atoms with van der Waals surface area (Å²) in [7, 11) is 3.56. The molecule has 1 aromatic rings. The molecule has 0 saturated carbocycles. The first-order chi connectivity index (χ1) is 7.18. The maximum absolute atomic E-state index is 11.7. The van der Waals surface area contributed by atoms with E-state index in [1.54, 1.807) is 19.0 Å².